The van der Waals surface area contributed by atoms with Crippen molar-refractivity contribution in [2.45, 2.75) is 13.3 Å². The van der Waals surface area contributed by atoms with Crippen molar-refractivity contribution in [2.75, 3.05) is 6.54 Å². The van der Waals surface area contributed by atoms with Crippen LogP contribution in [0.3, 0.4) is 0 Å². The topological polar surface area (TPSA) is 79.5 Å². The van der Waals surface area contributed by atoms with Crippen LogP contribution in [0.1, 0.15) is 21.7 Å². The molecule has 0 aliphatic heterocycles. The number of phenols is 1. The minimum atomic E-state index is -0.137. The molecule has 0 atom stereocenters. The van der Waals surface area contributed by atoms with Gasteiger partial charge in [-0.15, -0.1) is 10.2 Å². The second-order valence-corrected chi connectivity index (χ2v) is 5.06. The first-order chi connectivity index (χ1) is 10.6. The fraction of sp³-hybridized carbons (Fsp3) is 0.188. The number of rotatable bonds is 4. The summed E-state index contributed by atoms with van der Waals surface area (Å²) in [5, 5.41) is 20.1. The van der Waals surface area contributed by atoms with Crippen molar-refractivity contribution in [3.8, 4) is 5.75 Å². The molecule has 0 saturated heterocycles. The fourth-order valence-electron chi connectivity index (χ4n) is 2.24. The third-order valence-electron chi connectivity index (χ3n) is 3.48. The summed E-state index contributed by atoms with van der Waals surface area (Å²) in [6.07, 6.45) is 2.50. The summed E-state index contributed by atoms with van der Waals surface area (Å²) in [6.45, 7) is 2.39. The number of aryl methyl sites for hydroxylation is 1. The first-order valence-corrected chi connectivity index (χ1v) is 7.01. The van der Waals surface area contributed by atoms with E-state index in [1.807, 2.05) is 23.5 Å². The second kappa shape index (κ2) is 5.85. The van der Waals surface area contributed by atoms with Crippen LogP contribution in [-0.2, 0) is 6.42 Å². The molecule has 2 heterocycles. The van der Waals surface area contributed by atoms with Gasteiger partial charge in [0.05, 0.1) is 0 Å². The van der Waals surface area contributed by atoms with Crippen LogP contribution in [-0.4, -0.2) is 32.2 Å². The molecule has 0 radical (unpaired) electrons. The first kappa shape index (κ1) is 14.1. The molecular formula is C16H16N4O2. The van der Waals surface area contributed by atoms with Crippen LogP contribution in [0.15, 0.2) is 42.6 Å². The molecule has 3 rings (SSSR count). The van der Waals surface area contributed by atoms with Gasteiger partial charge in [-0.1, -0.05) is 12.1 Å². The van der Waals surface area contributed by atoms with E-state index in [1.54, 1.807) is 30.5 Å². The van der Waals surface area contributed by atoms with Crippen molar-refractivity contribution < 1.29 is 9.90 Å². The van der Waals surface area contributed by atoms with E-state index < -0.39 is 0 Å². The van der Waals surface area contributed by atoms with Crippen LogP contribution in [0, 0.1) is 6.92 Å². The number of hydrogen-bond acceptors (Lipinski definition) is 4. The molecule has 0 spiro atoms. The number of phenolic OH excluding ortho intramolecular Hbond substituents is 1. The molecule has 0 aliphatic carbocycles. The number of carbonyl (C=O) groups is 1. The lowest BCUT2D eigenvalue weighted by atomic mass is 10.1. The largest absolute Gasteiger partial charge is 0.508 e. The molecule has 2 aromatic heterocycles. The van der Waals surface area contributed by atoms with Crippen molar-refractivity contribution in [1.29, 1.82) is 0 Å². The molecule has 1 aromatic carbocycles. The van der Waals surface area contributed by atoms with Crippen molar-refractivity contribution in [1.82, 2.24) is 19.9 Å². The fourth-order valence-corrected chi connectivity index (χ4v) is 2.24. The predicted molar refractivity (Wildman–Crippen MR) is 81.9 cm³/mol. The molecule has 3 aromatic rings. The lowest BCUT2D eigenvalue weighted by molar-refractivity contribution is 0.0954. The monoisotopic (exact) mass is 296 g/mol. The maximum Gasteiger partial charge on any atom is 0.251 e. The van der Waals surface area contributed by atoms with E-state index in [2.05, 4.69) is 15.5 Å². The van der Waals surface area contributed by atoms with Crippen LogP contribution in [0.25, 0.3) is 5.65 Å². The smallest absolute Gasteiger partial charge is 0.251 e. The Morgan fingerprint density at radius 1 is 1.23 bits per heavy atom. The summed E-state index contributed by atoms with van der Waals surface area (Å²) in [6, 6.07) is 10.4. The zero-order chi connectivity index (χ0) is 15.5. The summed E-state index contributed by atoms with van der Waals surface area (Å²) >= 11 is 0. The molecule has 0 saturated carbocycles. The van der Waals surface area contributed by atoms with E-state index >= 15 is 0 Å². The van der Waals surface area contributed by atoms with Crippen LogP contribution < -0.4 is 5.32 Å². The third kappa shape index (κ3) is 2.90. The van der Waals surface area contributed by atoms with Crippen LogP contribution in [0.5, 0.6) is 5.75 Å². The van der Waals surface area contributed by atoms with Crippen LogP contribution in [0.2, 0.25) is 0 Å². The van der Waals surface area contributed by atoms with Crippen molar-refractivity contribution in [2.24, 2.45) is 0 Å². The van der Waals surface area contributed by atoms with Gasteiger partial charge in [0.25, 0.3) is 5.91 Å². The number of benzene rings is 1. The van der Waals surface area contributed by atoms with Gasteiger partial charge in [-0.05, 0) is 43.2 Å². The van der Waals surface area contributed by atoms with Gasteiger partial charge in [-0.2, -0.15) is 0 Å². The van der Waals surface area contributed by atoms with Gasteiger partial charge in [-0.3, -0.25) is 9.20 Å². The highest BCUT2D eigenvalue weighted by Gasteiger charge is 2.08. The normalized spacial score (nSPS) is 10.8. The molecule has 0 aliphatic rings. The Bertz CT molecular complexity index is 809. The molecule has 6 heteroatoms. The van der Waals surface area contributed by atoms with Gasteiger partial charge in [-0.25, -0.2) is 0 Å². The highest BCUT2D eigenvalue weighted by molar-refractivity contribution is 5.95. The number of aromatic nitrogens is 3. The van der Waals surface area contributed by atoms with Gasteiger partial charge >= 0.3 is 0 Å². The number of nitrogens with one attached hydrogen (secondary N) is 1. The van der Waals surface area contributed by atoms with Crippen molar-refractivity contribution in [3.05, 3.63) is 59.5 Å². The quantitative estimate of drug-likeness (QED) is 0.768. The Morgan fingerprint density at radius 3 is 2.77 bits per heavy atom. The van der Waals surface area contributed by atoms with E-state index in [0.717, 1.165) is 11.4 Å². The molecule has 6 nitrogen and oxygen atoms in total. The molecule has 0 fully saturated rings. The Labute approximate surface area is 127 Å². The number of fused-ring (bicyclic) bond motifs is 1. The van der Waals surface area contributed by atoms with Gasteiger partial charge in [0, 0.05) is 18.3 Å². The lowest BCUT2D eigenvalue weighted by Gasteiger charge is -2.06. The van der Waals surface area contributed by atoms with E-state index in [0.29, 0.717) is 24.2 Å². The maximum atomic E-state index is 12.1. The molecule has 22 heavy (non-hydrogen) atoms. The predicted octanol–water partition coefficient (Wildman–Crippen LogP) is 1.72. The minimum Gasteiger partial charge on any atom is -0.508 e. The van der Waals surface area contributed by atoms with E-state index in [-0.39, 0.29) is 11.7 Å². The molecule has 1 amide bonds. The zero-order valence-electron chi connectivity index (χ0n) is 12.2. The summed E-state index contributed by atoms with van der Waals surface area (Å²) in [7, 11) is 0. The SMILES string of the molecule is Cc1nnc2cc(C(=O)NCCc3ccc(O)cc3)ccn12. The molecule has 2 N–H and O–H groups in total. The Balaban J connectivity index is 1.62. The Morgan fingerprint density at radius 2 is 2.00 bits per heavy atom. The van der Waals surface area contributed by atoms with Gasteiger partial charge in [0.1, 0.15) is 11.6 Å². The summed E-state index contributed by atoms with van der Waals surface area (Å²) in [4.78, 5) is 12.1. The molecule has 0 unspecified atom stereocenters. The van der Waals surface area contributed by atoms with Gasteiger partial charge in [0.2, 0.25) is 0 Å². The number of amides is 1. The molecular weight excluding hydrogens is 280 g/mol. The number of nitrogens with zero attached hydrogens (tertiary/aromatic N) is 3. The Hall–Kier alpha value is -2.89. The maximum absolute atomic E-state index is 12.1. The zero-order valence-corrected chi connectivity index (χ0v) is 12.2. The number of hydrogen-bond donors (Lipinski definition) is 2. The lowest BCUT2D eigenvalue weighted by Crippen LogP contribution is -2.25. The van der Waals surface area contributed by atoms with Crippen LogP contribution >= 0.6 is 0 Å². The average Bonchev–Trinajstić information content (AvgIpc) is 2.90. The van der Waals surface area contributed by atoms with E-state index in [9.17, 15) is 9.90 Å². The second-order valence-electron chi connectivity index (χ2n) is 5.06. The molecule has 0 bridgehead atoms. The van der Waals surface area contributed by atoms with Crippen molar-refractivity contribution >= 4 is 11.6 Å². The highest BCUT2D eigenvalue weighted by atomic mass is 16.3. The van der Waals surface area contributed by atoms with Crippen molar-refractivity contribution in [3.63, 3.8) is 0 Å². The van der Waals surface area contributed by atoms with Crippen LogP contribution in [0.4, 0.5) is 0 Å². The number of pyridine rings is 1. The van der Waals surface area contributed by atoms with Gasteiger partial charge < -0.3 is 10.4 Å². The standard InChI is InChI=1S/C16H16N4O2/c1-11-18-19-15-10-13(7-9-20(11)15)16(22)17-8-6-12-2-4-14(21)5-3-12/h2-5,7,9-10,21H,6,8H2,1H3,(H,17,22). The number of aromatic hydroxyl groups is 1. The summed E-state index contributed by atoms with van der Waals surface area (Å²) in [5.74, 6) is 0.890. The Kier molecular flexibility index (Phi) is 3.74. The number of carbonyl (C=O) groups excluding carboxylic acids is 1. The van der Waals surface area contributed by atoms with Gasteiger partial charge in [0.15, 0.2) is 5.65 Å². The summed E-state index contributed by atoms with van der Waals surface area (Å²) < 4.78 is 1.83. The average molecular weight is 296 g/mol. The van der Waals surface area contributed by atoms with E-state index in [4.69, 9.17) is 0 Å². The highest BCUT2D eigenvalue weighted by Crippen LogP contribution is 2.10. The minimum absolute atomic E-state index is 0.137. The molecule has 112 valence electrons. The van der Waals surface area contributed by atoms with E-state index in [1.165, 1.54) is 0 Å². The third-order valence-corrected chi connectivity index (χ3v) is 3.48. The first-order valence-electron chi connectivity index (χ1n) is 7.01. The summed E-state index contributed by atoms with van der Waals surface area (Å²) in [5.41, 5.74) is 2.27.